The molecular formula is C5H7N5O5. The average molecular weight is 217 g/mol. The molecule has 0 heterocycles. The third-order valence-corrected chi connectivity index (χ3v) is 1.29. The first kappa shape index (κ1) is 12.8. The van der Waals surface area contributed by atoms with Gasteiger partial charge >= 0.3 is 11.9 Å². The summed E-state index contributed by atoms with van der Waals surface area (Å²) in [5.41, 5.74) is 0. The van der Waals surface area contributed by atoms with Crippen LogP contribution in [0.2, 0.25) is 0 Å². The predicted octanol–water partition coefficient (Wildman–Crippen LogP) is -1.65. The average Bonchev–Trinajstić information content (AvgIpc) is 2.26. The first-order valence-corrected chi connectivity index (χ1v) is 3.48. The van der Waals surface area contributed by atoms with Gasteiger partial charge in [-0.05, 0) is 0 Å². The highest BCUT2D eigenvalue weighted by molar-refractivity contribution is 6.37. The summed E-state index contributed by atoms with van der Waals surface area (Å²) in [6, 6.07) is -1.46. The van der Waals surface area contributed by atoms with Gasteiger partial charge in [-0.3, -0.25) is 9.59 Å². The molecule has 0 aliphatic carbocycles. The Morgan fingerprint density at radius 2 is 1.93 bits per heavy atom. The second-order valence-electron chi connectivity index (χ2n) is 2.21. The lowest BCUT2D eigenvalue weighted by molar-refractivity contribution is -0.147. The van der Waals surface area contributed by atoms with E-state index in [4.69, 9.17) is 0 Å². The van der Waals surface area contributed by atoms with Crippen molar-refractivity contribution in [2.24, 2.45) is 27.3 Å². The number of nitroso groups, excluding NO2 is 1. The Morgan fingerprint density at radius 1 is 1.33 bits per heavy atom. The quantitative estimate of drug-likeness (QED) is 0.183. The molecule has 0 saturated carbocycles. The molecule has 0 aromatic heterocycles. The van der Waals surface area contributed by atoms with Crippen LogP contribution < -0.4 is 11.7 Å². The SMILES string of the molecule is NN=N[C@@H](CC(=O)C(=O)N=O)C(=O)ON. The molecule has 4 N–H and O–H groups in total. The number of nitrogens with two attached hydrogens (primary N) is 2. The molecule has 0 bridgehead atoms. The number of carbonyl (C=O) groups excluding carboxylic acids is 3. The van der Waals surface area contributed by atoms with Crippen LogP contribution in [0.15, 0.2) is 15.5 Å². The fourth-order valence-corrected chi connectivity index (χ4v) is 0.644. The maximum atomic E-state index is 10.8. The molecule has 15 heavy (non-hydrogen) atoms. The molecule has 0 spiro atoms. The van der Waals surface area contributed by atoms with Gasteiger partial charge in [0.15, 0.2) is 6.04 Å². The lowest BCUT2D eigenvalue weighted by Gasteiger charge is -2.04. The first-order valence-electron chi connectivity index (χ1n) is 3.48. The van der Waals surface area contributed by atoms with Crippen molar-refractivity contribution in [1.82, 2.24) is 0 Å². The lowest BCUT2D eigenvalue weighted by Crippen LogP contribution is -2.28. The summed E-state index contributed by atoms with van der Waals surface area (Å²) in [5.74, 6) is 5.29. The first-order chi connectivity index (χ1) is 7.06. The van der Waals surface area contributed by atoms with Gasteiger partial charge in [0.1, 0.15) is 0 Å². The van der Waals surface area contributed by atoms with E-state index in [-0.39, 0.29) is 0 Å². The van der Waals surface area contributed by atoms with Crippen molar-refractivity contribution in [1.29, 1.82) is 0 Å². The monoisotopic (exact) mass is 217 g/mol. The van der Waals surface area contributed by atoms with Gasteiger partial charge < -0.3 is 10.7 Å². The molecule has 82 valence electrons. The number of nitrogens with zero attached hydrogens (tertiary/aromatic N) is 3. The smallest absolute Gasteiger partial charge is 0.352 e. The van der Waals surface area contributed by atoms with Gasteiger partial charge in [0.2, 0.25) is 5.78 Å². The number of hydrogen-bond acceptors (Lipinski definition) is 8. The van der Waals surface area contributed by atoms with Crippen LogP contribution in [-0.4, -0.2) is 23.7 Å². The highest BCUT2D eigenvalue weighted by Crippen LogP contribution is 2.02. The minimum absolute atomic E-state index is 0.735. The maximum Gasteiger partial charge on any atom is 0.352 e. The van der Waals surface area contributed by atoms with Crippen LogP contribution in [-0.2, 0) is 19.2 Å². The number of hydrogen-bond donors (Lipinski definition) is 2. The molecule has 1 atom stereocenters. The molecule has 0 saturated heterocycles. The Labute approximate surface area is 82.5 Å². The van der Waals surface area contributed by atoms with Crippen LogP contribution in [0.1, 0.15) is 6.42 Å². The summed E-state index contributed by atoms with van der Waals surface area (Å²) in [6.45, 7) is 0. The van der Waals surface area contributed by atoms with Crippen LogP contribution in [0.3, 0.4) is 0 Å². The minimum Gasteiger partial charge on any atom is -0.372 e. The lowest BCUT2D eigenvalue weighted by atomic mass is 10.1. The van der Waals surface area contributed by atoms with E-state index < -0.39 is 30.1 Å². The standard InChI is InChI=1S/C5H7N5O5/c6-10-8-2(5(13)15-7)1-3(11)4(12)9-14/h2H,1,7H2,(H2,6,8)/t2-/m0/s1. The van der Waals surface area contributed by atoms with Gasteiger partial charge in [-0.2, -0.15) is 11.0 Å². The maximum absolute atomic E-state index is 10.8. The van der Waals surface area contributed by atoms with Gasteiger partial charge in [-0.25, -0.2) is 4.79 Å². The summed E-state index contributed by atoms with van der Waals surface area (Å²) in [4.78, 5) is 45.6. The number of carbonyl (C=O) groups is 3. The summed E-state index contributed by atoms with van der Waals surface area (Å²) in [7, 11) is 0. The fraction of sp³-hybridized carbons (Fsp3) is 0.400. The molecule has 0 aromatic rings. The fourth-order valence-electron chi connectivity index (χ4n) is 0.644. The van der Waals surface area contributed by atoms with Crippen molar-refractivity contribution in [3.63, 3.8) is 0 Å². The highest BCUT2D eigenvalue weighted by Gasteiger charge is 2.27. The molecule has 1 amide bonds. The van der Waals surface area contributed by atoms with Crippen LogP contribution in [0, 0.1) is 4.91 Å². The van der Waals surface area contributed by atoms with Crippen molar-refractivity contribution in [2.75, 3.05) is 0 Å². The van der Waals surface area contributed by atoms with Crippen LogP contribution >= 0.6 is 0 Å². The van der Waals surface area contributed by atoms with Crippen molar-refractivity contribution in [2.45, 2.75) is 12.5 Å². The van der Waals surface area contributed by atoms with Crippen molar-refractivity contribution >= 4 is 17.7 Å². The Balaban J connectivity index is 4.55. The third-order valence-electron chi connectivity index (χ3n) is 1.29. The van der Waals surface area contributed by atoms with E-state index in [1.54, 1.807) is 0 Å². The number of Topliss-reactive ketones (excluding diaryl/α,β-unsaturated/α-hetero) is 1. The second kappa shape index (κ2) is 6.26. The highest BCUT2D eigenvalue weighted by atomic mass is 16.7. The number of rotatable bonds is 5. The Morgan fingerprint density at radius 3 is 2.33 bits per heavy atom. The molecule has 0 unspecified atom stereocenters. The Kier molecular flexibility index (Phi) is 5.33. The van der Waals surface area contributed by atoms with Gasteiger partial charge in [-0.1, -0.05) is 5.22 Å². The van der Waals surface area contributed by atoms with Gasteiger partial charge in [0, 0.05) is 5.18 Å². The normalized spacial score (nSPS) is 12.1. The van der Waals surface area contributed by atoms with Crippen molar-refractivity contribution in [3.05, 3.63) is 4.91 Å². The number of ketones is 1. The largest absolute Gasteiger partial charge is 0.372 e. The van der Waals surface area contributed by atoms with Gasteiger partial charge in [0.25, 0.3) is 0 Å². The van der Waals surface area contributed by atoms with E-state index in [0.29, 0.717) is 0 Å². The van der Waals surface area contributed by atoms with Crippen LogP contribution in [0.5, 0.6) is 0 Å². The van der Waals surface area contributed by atoms with E-state index in [1.165, 1.54) is 0 Å². The molecular weight excluding hydrogens is 210 g/mol. The molecule has 0 radical (unpaired) electrons. The van der Waals surface area contributed by atoms with E-state index in [0.717, 1.165) is 0 Å². The van der Waals surface area contributed by atoms with Gasteiger partial charge in [-0.15, -0.1) is 4.91 Å². The molecule has 0 aliphatic rings. The summed E-state index contributed by atoms with van der Waals surface area (Å²) >= 11 is 0. The molecule has 0 aromatic carbocycles. The molecule has 0 aliphatic heterocycles. The van der Waals surface area contributed by atoms with Gasteiger partial charge in [0.05, 0.1) is 6.42 Å². The topological polar surface area (TPSA) is 167 Å². The zero-order valence-corrected chi connectivity index (χ0v) is 7.32. The Bertz CT molecular complexity index is 313. The Hall–Kier alpha value is -2.23. The summed E-state index contributed by atoms with van der Waals surface area (Å²) in [6.07, 6.45) is -0.735. The molecule has 0 rings (SSSR count). The summed E-state index contributed by atoms with van der Waals surface area (Å²) in [5, 5.41) is 7.68. The van der Waals surface area contributed by atoms with Crippen LogP contribution in [0.25, 0.3) is 0 Å². The molecule has 10 nitrogen and oxygen atoms in total. The molecule has 0 fully saturated rings. The van der Waals surface area contributed by atoms with E-state index >= 15 is 0 Å². The predicted molar refractivity (Wildman–Crippen MR) is 43.5 cm³/mol. The minimum atomic E-state index is -1.53. The zero-order chi connectivity index (χ0) is 11.8. The number of amides is 1. The second-order valence-corrected chi connectivity index (χ2v) is 2.21. The van der Waals surface area contributed by atoms with E-state index in [2.05, 4.69) is 26.9 Å². The summed E-state index contributed by atoms with van der Waals surface area (Å²) < 4.78 is 0. The van der Waals surface area contributed by atoms with Crippen molar-refractivity contribution in [3.8, 4) is 0 Å². The third kappa shape index (κ3) is 3.99. The zero-order valence-electron chi connectivity index (χ0n) is 7.32. The van der Waals surface area contributed by atoms with Crippen molar-refractivity contribution < 1.29 is 19.2 Å². The van der Waals surface area contributed by atoms with E-state index in [1.807, 2.05) is 5.18 Å². The molecule has 10 heteroatoms. The van der Waals surface area contributed by atoms with Crippen LogP contribution in [0.4, 0.5) is 0 Å². The van der Waals surface area contributed by atoms with E-state index in [9.17, 15) is 19.3 Å².